The summed E-state index contributed by atoms with van der Waals surface area (Å²) in [6.45, 7) is 10.6. The number of benzene rings is 4. The number of nitrogens with zero attached hydrogens (tertiary/aromatic N) is 3. The first-order valence-electron chi connectivity index (χ1n) is 31.3. The summed E-state index contributed by atoms with van der Waals surface area (Å²) in [7, 11) is 1.32. The lowest BCUT2D eigenvalue weighted by Crippen LogP contribution is -2.53. The van der Waals surface area contributed by atoms with Gasteiger partial charge in [-0.25, -0.2) is 9.59 Å². The van der Waals surface area contributed by atoms with Crippen LogP contribution in [0.25, 0.3) is 0 Å². The van der Waals surface area contributed by atoms with Crippen molar-refractivity contribution in [2.24, 2.45) is 11.7 Å². The van der Waals surface area contributed by atoms with Crippen molar-refractivity contribution in [3.05, 3.63) is 176 Å². The number of aromatic hydroxyl groups is 2. The Kier molecular flexibility index (Phi) is 22.4. The number of esters is 2. The van der Waals surface area contributed by atoms with Gasteiger partial charge in [-0.05, 0) is 75.3 Å². The molecule has 21 nitrogen and oxygen atoms in total. The fourth-order valence-corrected chi connectivity index (χ4v) is 13.0. The van der Waals surface area contributed by atoms with Gasteiger partial charge in [0.25, 0.3) is 0 Å². The van der Waals surface area contributed by atoms with E-state index in [2.05, 4.69) is 22.1 Å². The van der Waals surface area contributed by atoms with Crippen LogP contribution < -0.4 is 15.8 Å². The Morgan fingerprint density at radius 3 is 2.03 bits per heavy atom. The molecule has 3 aliphatic heterocycles. The van der Waals surface area contributed by atoms with Crippen molar-refractivity contribution in [2.75, 3.05) is 59.7 Å². The number of aryl methyl sites for hydroxylation is 1. The van der Waals surface area contributed by atoms with Crippen LogP contribution in [-0.4, -0.2) is 165 Å². The Bertz CT molecular complexity index is 3470. The molecule has 0 saturated carbocycles. The molecule has 5 aliphatic rings. The molecule has 1 aromatic heterocycles. The number of phenolic OH excluding ortho intramolecular Hbond substituents is 2. The first kappa shape index (κ1) is 67.2. The first-order valence-corrected chi connectivity index (χ1v) is 31.3. The van der Waals surface area contributed by atoms with E-state index in [1.54, 1.807) is 13.1 Å². The number of phenols is 2. The number of hydrogen-bond donors (Lipinski definition) is 7. The van der Waals surface area contributed by atoms with Crippen LogP contribution in [-0.2, 0) is 51.0 Å². The number of ketones is 3. The highest BCUT2D eigenvalue weighted by molar-refractivity contribution is 6.31. The summed E-state index contributed by atoms with van der Waals surface area (Å²) >= 11 is 0. The molecule has 21 heteroatoms. The number of unbranched alkanes of at least 4 members (excludes halogenated alkanes) is 2. The van der Waals surface area contributed by atoms with Crippen LogP contribution in [0, 0.1) is 5.92 Å². The minimum Gasteiger partial charge on any atom is -0.507 e. The lowest BCUT2D eigenvalue weighted by atomic mass is 9.72. The van der Waals surface area contributed by atoms with Crippen LogP contribution in [0.5, 0.6) is 17.2 Å². The van der Waals surface area contributed by atoms with Crippen LogP contribution >= 0.6 is 0 Å². The molecule has 0 spiro atoms. The van der Waals surface area contributed by atoms with Gasteiger partial charge >= 0.3 is 11.9 Å². The second-order valence-electron chi connectivity index (χ2n) is 23.9. The summed E-state index contributed by atoms with van der Waals surface area (Å²) < 4.78 is 28.6. The molecule has 10 rings (SSSR count). The summed E-state index contributed by atoms with van der Waals surface area (Å²) in [6.07, 6.45) is 4.19. The highest BCUT2D eigenvalue weighted by Crippen LogP contribution is 2.53. The number of methoxy groups -OCH3 is 1. The van der Waals surface area contributed by atoms with Gasteiger partial charge in [0.2, 0.25) is 11.7 Å². The molecule has 4 heterocycles. The maximum absolute atomic E-state index is 13.8. The minimum atomic E-state index is -2.24. The van der Waals surface area contributed by atoms with E-state index in [0.29, 0.717) is 43.5 Å². The second-order valence-corrected chi connectivity index (χ2v) is 23.9. The molecule has 1 unspecified atom stereocenters. The Morgan fingerprint density at radius 2 is 1.44 bits per heavy atom. The first-order chi connectivity index (χ1) is 43.8. The van der Waals surface area contributed by atoms with Gasteiger partial charge in [0.15, 0.2) is 17.9 Å². The van der Waals surface area contributed by atoms with Gasteiger partial charge < -0.3 is 65.2 Å². The molecule has 2 saturated heterocycles. The number of nitrogens with two attached hydrogens (primary N) is 1. The predicted octanol–water partition coefficient (Wildman–Crippen LogP) is 6.82. The molecular weight excluding hydrogens is 1170 g/mol. The van der Waals surface area contributed by atoms with E-state index in [0.717, 1.165) is 73.4 Å². The van der Waals surface area contributed by atoms with E-state index in [1.165, 1.54) is 25.3 Å². The van der Waals surface area contributed by atoms with Gasteiger partial charge in [0, 0.05) is 104 Å². The third-order valence-corrected chi connectivity index (χ3v) is 17.8. The molecule has 1 amide bonds. The number of Topliss-reactive ketones (excluding diaryl/α,β-unsaturated/α-hetero) is 1. The van der Waals surface area contributed by atoms with Crippen molar-refractivity contribution in [3.63, 3.8) is 0 Å². The molecule has 8 N–H and O–H groups in total. The van der Waals surface area contributed by atoms with Crippen LogP contribution in [0.2, 0.25) is 0 Å². The molecule has 91 heavy (non-hydrogen) atoms. The summed E-state index contributed by atoms with van der Waals surface area (Å²) in [5.41, 5.74) is 7.96. The number of carbonyl (C=O) groups is 6. The van der Waals surface area contributed by atoms with E-state index in [-0.39, 0.29) is 77.3 Å². The number of aliphatic hydroxyl groups excluding tert-OH is 2. The molecule has 7 atom stereocenters. The van der Waals surface area contributed by atoms with E-state index in [1.807, 2.05) is 97.7 Å². The Balaban J connectivity index is 0.000000224. The molecule has 0 bridgehead atoms. The molecular formula is C70H83N5O16. The molecule has 2 fully saturated rings. The number of aliphatic hydroxyl groups is 3. The van der Waals surface area contributed by atoms with Crippen molar-refractivity contribution < 1.29 is 78.0 Å². The van der Waals surface area contributed by atoms with Gasteiger partial charge in [-0.2, -0.15) is 0 Å². The van der Waals surface area contributed by atoms with Gasteiger partial charge in [-0.3, -0.25) is 29.1 Å². The van der Waals surface area contributed by atoms with Gasteiger partial charge in [-0.1, -0.05) is 105 Å². The number of aromatic nitrogens is 1. The zero-order chi connectivity index (χ0) is 65.1. The molecule has 2 aliphatic carbocycles. The van der Waals surface area contributed by atoms with Crippen LogP contribution in [0.4, 0.5) is 0 Å². The molecule has 4 aromatic carbocycles. The third kappa shape index (κ3) is 14.9. The van der Waals surface area contributed by atoms with E-state index in [4.69, 9.17) is 29.4 Å². The van der Waals surface area contributed by atoms with Crippen molar-refractivity contribution in [2.45, 2.75) is 134 Å². The number of pyridine rings is 1. The van der Waals surface area contributed by atoms with Crippen LogP contribution in [0.15, 0.2) is 126 Å². The molecule has 484 valence electrons. The quantitative estimate of drug-likeness (QED) is 0.0208. The Morgan fingerprint density at radius 1 is 0.802 bits per heavy atom. The fraction of sp³-hybridized carbons (Fsp3) is 0.443. The maximum atomic E-state index is 13.8. The number of hydrogen-bond acceptors (Lipinski definition) is 20. The number of piperazine rings is 1. The van der Waals surface area contributed by atoms with Crippen molar-refractivity contribution in [1.82, 2.24) is 20.1 Å². The van der Waals surface area contributed by atoms with E-state index in [9.17, 15) is 54.3 Å². The SMILES string of the molecule is CCCCCC1C(C(=O)OCCCc2cccnc2)=C(C)NC(C)=C1C(=O)OCCCN1CCN(C(=O)C(c2ccccc2)c2ccccc2)CC1.COc1cccc2c1C(=O)c1c(O)c3c(c(O)c1C2=O)C[C@@](O)(C(=O)CO)C[C@@H]3O[C@H]1C[C@H](N)[C@H](O)[C@H](C)O1. The normalized spacial score (nSPS) is 22.2. The maximum Gasteiger partial charge on any atom is 0.336 e. The van der Waals surface area contributed by atoms with Crippen LogP contribution in [0.3, 0.4) is 0 Å². The molecule has 0 radical (unpaired) electrons. The van der Waals surface area contributed by atoms with Crippen LogP contribution in [0.1, 0.15) is 151 Å². The van der Waals surface area contributed by atoms with E-state index >= 15 is 0 Å². The van der Waals surface area contributed by atoms with E-state index < -0.39 is 95.7 Å². The number of nitrogens with one attached hydrogen (secondary N) is 1. The minimum absolute atomic E-state index is 0.0173. The monoisotopic (exact) mass is 1250 g/mol. The number of rotatable bonds is 22. The number of amides is 1. The number of dihydropyridines is 1. The third-order valence-electron chi connectivity index (χ3n) is 17.8. The highest BCUT2D eigenvalue weighted by atomic mass is 16.7. The lowest BCUT2D eigenvalue weighted by Gasteiger charge is -2.42. The number of allylic oxidation sites excluding steroid dienone is 2. The molecule has 5 aromatic rings. The largest absolute Gasteiger partial charge is 0.507 e. The summed E-state index contributed by atoms with van der Waals surface area (Å²) in [5, 5.41) is 57.0. The second kappa shape index (κ2) is 30.3. The van der Waals surface area contributed by atoms with Crippen molar-refractivity contribution >= 4 is 35.2 Å². The standard InChI is InChI=1S/C43H54N4O5.C27H29NO11/c1-4-5-8-22-37-38(42(49)51-29-14-17-34-16-13-23-44-31-34)32(2)45-33(3)39(37)43(50)52-30-15-24-46-25-27-47(28-26-46)41(48)40(35-18-9-6-10-19-35)36-20-11-7-12-21-36;1-10-22(31)13(28)6-17(38-10)39-15-8-27(36,16(30)9-29)7-12-19(15)26(35)21-20(24(12)33)23(32)11-4-3-5-14(37-2)18(11)25(21)34/h6-7,9-13,16,18-21,23,31,37,40,45H,4-5,8,14-15,17,22,24-30H2,1-3H3;3-5,10,13,15,17,22,29,31,33,35-36H,6-9,28H2,1-2H3/t;10-,13-,15-,17-,22+,27-/m.0/s1. The van der Waals surface area contributed by atoms with Gasteiger partial charge in [-0.15, -0.1) is 0 Å². The number of fused-ring (bicyclic) bond motifs is 3. The number of ether oxygens (including phenoxy) is 5. The average molecular weight is 1250 g/mol. The van der Waals surface area contributed by atoms with Crippen molar-refractivity contribution in [1.29, 1.82) is 0 Å². The lowest BCUT2D eigenvalue weighted by molar-refractivity contribution is -0.247. The van der Waals surface area contributed by atoms with Gasteiger partial charge in [0.05, 0.1) is 72.4 Å². The van der Waals surface area contributed by atoms with Crippen molar-refractivity contribution in [3.8, 4) is 17.2 Å². The Hall–Kier alpha value is -8.15. The smallest absolute Gasteiger partial charge is 0.336 e. The average Bonchev–Trinajstić information content (AvgIpc) is 0.718. The summed E-state index contributed by atoms with van der Waals surface area (Å²) in [4.78, 5) is 89.2. The summed E-state index contributed by atoms with van der Waals surface area (Å²) in [6, 6.07) is 27.5. The highest BCUT2D eigenvalue weighted by Gasteiger charge is 2.50. The topological polar surface area (TPSA) is 307 Å². The predicted molar refractivity (Wildman–Crippen MR) is 335 cm³/mol. The fourth-order valence-electron chi connectivity index (χ4n) is 13.0. The summed E-state index contributed by atoms with van der Waals surface area (Å²) in [5.74, 6) is -5.13. The zero-order valence-corrected chi connectivity index (χ0v) is 52.2. The Labute approximate surface area is 529 Å². The number of carbonyl (C=O) groups excluding carboxylic acids is 6. The van der Waals surface area contributed by atoms with Gasteiger partial charge in [0.1, 0.15) is 29.5 Å². The zero-order valence-electron chi connectivity index (χ0n) is 52.2.